The predicted octanol–water partition coefficient (Wildman–Crippen LogP) is 3.77. The number of methoxy groups -OCH3 is 1. The van der Waals surface area contributed by atoms with Crippen molar-refractivity contribution in [2.45, 2.75) is 25.8 Å². The number of carbonyl (C=O) groups is 1. The highest BCUT2D eigenvalue weighted by Crippen LogP contribution is 2.27. The van der Waals surface area contributed by atoms with Gasteiger partial charge in [-0.2, -0.15) is 0 Å². The lowest BCUT2D eigenvalue weighted by molar-refractivity contribution is 0.0912. The van der Waals surface area contributed by atoms with Crippen molar-refractivity contribution in [3.8, 4) is 22.9 Å². The number of rotatable bonds is 10. The predicted molar refractivity (Wildman–Crippen MR) is 135 cm³/mol. The average Bonchev–Trinajstić information content (AvgIpc) is 3.22. The Bertz CT molecular complexity index is 1300. The fourth-order valence-corrected chi connectivity index (χ4v) is 4.07. The number of aliphatic hydroxyl groups is 1. The molecule has 0 radical (unpaired) electrons. The van der Waals surface area contributed by atoms with Gasteiger partial charge in [-0.15, -0.1) is 0 Å². The van der Waals surface area contributed by atoms with Crippen LogP contribution in [-0.4, -0.2) is 51.9 Å². The van der Waals surface area contributed by atoms with E-state index in [9.17, 15) is 9.90 Å². The van der Waals surface area contributed by atoms with Gasteiger partial charge < -0.3 is 24.5 Å². The number of amides is 1. The largest absolute Gasteiger partial charge is 0.493 e. The number of ether oxygens (including phenoxy) is 2. The average molecular weight is 475 g/mol. The van der Waals surface area contributed by atoms with Gasteiger partial charge in [-0.1, -0.05) is 31.2 Å². The molecule has 0 saturated carbocycles. The molecule has 0 aliphatic carbocycles. The lowest BCUT2D eigenvalue weighted by atomic mass is 10.0. The van der Waals surface area contributed by atoms with Gasteiger partial charge in [0.25, 0.3) is 5.91 Å². The second-order valence-electron chi connectivity index (χ2n) is 8.36. The van der Waals surface area contributed by atoms with Crippen molar-refractivity contribution in [2.75, 3.05) is 20.3 Å². The third-order valence-electron chi connectivity index (χ3n) is 5.83. The van der Waals surface area contributed by atoms with Crippen LogP contribution >= 0.6 is 0 Å². The SMILES string of the molecule is CCCOc1ccc(-c2cnc(OC)nc2)cc1C(=O)N[C@@H](CO)Cc1cn(C)c2ccccc12. The Balaban J connectivity index is 1.59. The maximum Gasteiger partial charge on any atom is 0.316 e. The Morgan fingerprint density at radius 2 is 1.91 bits per heavy atom. The van der Waals surface area contributed by atoms with Crippen LogP contribution < -0.4 is 14.8 Å². The summed E-state index contributed by atoms with van der Waals surface area (Å²) in [7, 11) is 3.50. The number of hydrogen-bond donors (Lipinski definition) is 2. The summed E-state index contributed by atoms with van der Waals surface area (Å²) in [5.41, 5.74) is 4.08. The molecule has 1 amide bonds. The smallest absolute Gasteiger partial charge is 0.316 e. The Hall–Kier alpha value is -3.91. The Kier molecular flexibility index (Phi) is 7.62. The van der Waals surface area contributed by atoms with E-state index in [1.54, 1.807) is 24.5 Å². The van der Waals surface area contributed by atoms with E-state index in [1.165, 1.54) is 7.11 Å². The molecule has 2 aromatic carbocycles. The first-order valence-corrected chi connectivity index (χ1v) is 11.6. The van der Waals surface area contributed by atoms with Gasteiger partial charge in [0.15, 0.2) is 0 Å². The number of nitrogens with zero attached hydrogens (tertiary/aromatic N) is 3. The second-order valence-corrected chi connectivity index (χ2v) is 8.36. The van der Waals surface area contributed by atoms with Crippen LogP contribution in [0.3, 0.4) is 0 Å². The number of nitrogens with one attached hydrogen (secondary N) is 1. The Morgan fingerprint density at radius 1 is 1.14 bits per heavy atom. The summed E-state index contributed by atoms with van der Waals surface area (Å²) in [5.74, 6) is 0.177. The van der Waals surface area contributed by atoms with E-state index >= 15 is 0 Å². The van der Waals surface area contributed by atoms with Crippen LogP contribution in [0.4, 0.5) is 0 Å². The maximum atomic E-state index is 13.4. The number of aromatic nitrogens is 3. The lowest BCUT2D eigenvalue weighted by Gasteiger charge is -2.18. The summed E-state index contributed by atoms with van der Waals surface area (Å²) in [5, 5.41) is 14.2. The third-order valence-corrected chi connectivity index (χ3v) is 5.83. The van der Waals surface area contributed by atoms with Gasteiger partial charge in [0.1, 0.15) is 5.75 Å². The molecule has 35 heavy (non-hydrogen) atoms. The van der Waals surface area contributed by atoms with Gasteiger partial charge in [0, 0.05) is 42.1 Å². The summed E-state index contributed by atoms with van der Waals surface area (Å²) >= 11 is 0. The van der Waals surface area contributed by atoms with Crippen LogP contribution in [0.25, 0.3) is 22.0 Å². The standard InChI is InChI=1S/C27H30N4O4/c1-4-11-35-25-10-9-18(20-14-28-27(34-3)29-15-20)13-23(25)26(33)30-21(17-32)12-19-16-31(2)24-8-6-5-7-22(19)24/h5-10,13-16,21,32H,4,11-12,17H2,1-3H3,(H,30,33)/t21-/m1/s1. The summed E-state index contributed by atoms with van der Waals surface area (Å²) < 4.78 is 12.9. The molecule has 1 atom stereocenters. The van der Waals surface area contributed by atoms with E-state index < -0.39 is 6.04 Å². The first kappa shape index (κ1) is 24.2. The maximum absolute atomic E-state index is 13.4. The fraction of sp³-hybridized carbons (Fsp3) is 0.296. The summed E-state index contributed by atoms with van der Waals surface area (Å²) in [6.45, 7) is 2.31. The van der Waals surface area contributed by atoms with E-state index in [4.69, 9.17) is 9.47 Å². The monoisotopic (exact) mass is 474 g/mol. The summed E-state index contributed by atoms with van der Waals surface area (Å²) in [4.78, 5) is 21.7. The molecule has 0 fully saturated rings. The first-order valence-electron chi connectivity index (χ1n) is 11.6. The third kappa shape index (κ3) is 5.44. The highest BCUT2D eigenvalue weighted by atomic mass is 16.5. The first-order chi connectivity index (χ1) is 17.0. The van der Waals surface area contributed by atoms with Crippen LogP contribution in [0, 0.1) is 0 Å². The van der Waals surface area contributed by atoms with Crippen LogP contribution in [0.15, 0.2) is 61.1 Å². The number of fused-ring (bicyclic) bond motifs is 1. The number of aryl methyl sites for hydroxylation is 1. The zero-order chi connectivity index (χ0) is 24.8. The molecular formula is C27H30N4O4. The second kappa shape index (κ2) is 11.0. The number of para-hydroxylation sites is 1. The van der Waals surface area contributed by atoms with Gasteiger partial charge in [-0.25, -0.2) is 9.97 Å². The molecule has 8 nitrogen and oxygen atoms in total. The van der Waals surface area contributed by atoms with Crippen molar-refractivity contribution in [2.24, 2.45) is 7.05 Å². The minimum Gasteiger partial charge on any atom is -0.493 e. The molecule has 0 unspecified atom stereocenters. The molecule has 4 aromatic rings. The molecule has 0 spiro atoms. The van der Waals surface area contributed by atoms with Crippen molar-refractivity contribution in [3.05, 3.63) is 72.2 Å². The van der Waals surface area contributed by atoms with Gasteiger partial charge in [-0.3, -0.25) is 4.79 Å². The highest BCUT2D eigenvalue weighted by molar-refractivity contribution is 5.98. The molecule has 8 heteroatoms. The molecule has 0 aliphatic rings. The molecule has 0 saturated heterocycles. The van der Waals surface area contributed by atoms with Crippen molar-refractivity contribution in [3.63, 3.8) is 0 Å². The van der Waals surface area contributed by atoms with Crippen molar-refractivity contribution < 1.29 is 19.4 Å². The fourth-order valence-electron chi connectivity index (χ4n) is 4.07. The molecule has 182 valence electrons. The zero-order valence-corrected chi connectivity index (χ0v) is 20.2. The molecular weight excluding hydrogens is 444 g/mol. The van der Waals surface area contributed by atoms with Crippen LogP contribution in [-0.2, 0) is 13.5 Å². The Labute approximate surface area is 204 Å². The van der Waals surface area contributed by atoms with E-state index in [1.807, 2.05) is 38.4 Å². The Morgan fingerprint density at radius 3 is 2.63 bits per heavy atom. The lowest BCUT2D eigenvalue weighted by Crippen LogP contribution is -2.39. The van der Waals surface area contributed by atoms with E-state index in [2.05, 4.69) is 32.0 Å². The van der Waals surface area contributed by atoms with Gasteiger partial charge in [-0.05, 0) is 42.2 Å². The van der Waals surface area contributed by atoms with Crippen LogP contribution in [0.2, 0.25) is 0 Å². The minimum atomic E-state index is -0.458. The van der Waals surface area contributed by atoms with Gasteiger partial charge in [0.05, 0.1) is 31.9 Å². The van der Waals surface area contributed by atoms with E-state index in [-0.39, 0.29) is 18.5 Å². The van der Waals surface area contributed by atoms with Gasteiger partial charge >= 0.3 is 6.01 Å². The van der Waals surface area contributed by atoms with Gasteiger partial charge in [0.2, 0.25) is 0 Å². The van der Waals surface area contributed by atoms with Crippen molar-refractivity contribution in [1.82, 2.24) is 19.9 Å². The quantitative estimate of drug-likeness (QED) is 0.363. The number of hydrogen-bond acceptors (Lipinski definition) is 6. The van der Waals surface area contributed by atoms with Crippen molar-refractivity contribution >= 4 is 16.8 Å². The zero-order valence-electron chi connectivity index (χ0n) is 20.2. The van der Waals surface area contributed by atoms with Crippen LogP contribution in [0.1, 0.15) is 29.3 Å². The molecule has 4 rings (SSSR count). The highest BCUT2D eigenvalue weighted by Gasteiger charge is 2.20. The number of benzene rings is 2. The minimum absolute atomic E-state index is 0.188. The molecule has 2 heterocycles. The topological polar surface area (TPSA) is 98.5 Å². The normalized spacial score (nSPS) is 11.9. The van der Waals surface area contributed by atoms with E-state index in [0.717, 1.165) is 34.0 Å². The molecule has 2 aromatic heterocycles. The molecule has 2 N–H and O–H groups in total. The number of aliphatic hydroxyl groups excluding tert-OH is 1. The summed E-state index contributed by atoms with van der Waals surface area (Å²) in [6, 6.07) is 13.3. The van der Waals surface area contributed by atoms with Crippen LogP contribution in [0.5, 0.6) is 11.8 Å². The van der Waals surface area contributed by atoms with Crippen molar-refractivity contribution in [1.29, 1.82) is 0 Å². The molecule has 0 aliphatic heterocycles. The molecule has 0 bridgehead atoms. The summed E-state index contributed by atoms with van der Waals surface area (Å²) in [6.07, 6.45) is 6.65. The van der Waals surface area contributed by atoms with E-state index in [0.29, 0.717) is 24.3 Å². The number of carbonyl (C=O) groups excluding carboxylic acids is 1.